The predicted molar refractivity (Wildman–Crippen MR) is 77.8 cm³/mol. The summed E-state index contributed by atoms with van der Waals surface area (Å²) in [6, 6.07) is 2.64. The molecule has 5 nitrogen and oxygen atoms in total. The van der Waals surface area contributed by atoms with Crippen LogP contribution >= 0.6 is 0 Å². The molecule has 0 spiro atoms. The molecule has 1 aromatic heterocycles. The first-order chi connectivity index (χ1) is 9.47. The maximum absolute atomic E-state index is 12.8. The van der Waals surface area contributed by atoms with Crippen molar-refractivity contribution in [3.8, 4) is 0 Å². The number of amides is 1. The molecule has 2 aliphatic heterocycles. The number of rotatable bonds is 1. The molecule has 5 heteroatoms. The minimum Gasteiger partial charge on any atom is -0.330 e. The first-order valence-electron chi connectivity index (χ1n) is 7.56. The van der Waals surface area contributed by atoms with E-state index >= 15 is 0 Å². The summed E-state index contributed by atoms with van der Waals surface area (Å²) in [5, 5.41) is 10.7. The second kappa shape index (κ2) is 4.88. The Bertz CT molecular complexity index is 488. The van der Waals surface area contributed by atoms with Gasteiger partial charge in [-0.3, -0.25) is 9.89 Å². The number of aromatic amines is 1. The number of nitrogens with one attached hydrogen (secondary N) is 2. The van der Waals surface area contributed by atoms with Crippen LogP contribution in [0.3, 0.4) is 0 Å². The highest BCUT2D eigenvalue weighted by molar-refractivity contribution is 5.93. The van der Waals surface area contributed by atoms with Gasteiger partial charge in [-0.05, 0) is 31.9 Å². The van der Waals surface area contributed by atoms with E-state index in [1.165, 1.54) is 0 Å². The summed E-state index contributed by atoms with van der Waals surface area (Å²) in [7, 11) is 0. The van der Waals surface area contributed by atoms with Gasteiger partial charge < -0.3 is 10.2 Å². The van der Waals surface area contributed by atoms with E-state index in [1.807, 2.05) is 6.07 Å². The smallest absolute Gasteiger partial charge is 0.274 e. The Labute approximate surface area is 120 Å². The Morgan fingerprint density at radius 2 is 2.05 bits per heavy atom. The number of carbonyl (C=O) groups excluding carboxylic acids is 1. The van der Waals surface area contributed by atoms with E-state index in [9.17, 15) is 4.79 Å². The van der Waals surface area contributed by atoms with E-state index in [4.69, 9.17) is 0 Å². The molecule has 2 fully saturated rings. The van der Waals surface area contributed by atoms with Crippen molar-refractivity contribution in [2.45, 2.75) is 57.5 Å². The van der Waals surface area contributed by atoms with Crippen LogP contribution in [-0.4, -0.2) is 46.2 Å². The first-order valence-corrected chi connectivity index (χ1v) is 7.56. The number of H-pyrrole nitrogens is 1. The minimum atomic E-state index is -0.00907. The predicted octanol–water partition coefficient (Wildman–Crippen LogP) is 1.67. The van der Waals surface area contributed by atoms with Gasteiger partial charge in [-0.25, -0.2) is 0 Å². The minimum absolute atomic E-state index is 0.00907. The zero-order valence-electron chi connectivity index (χ0n) is 12.6. The van der Waals surface area contributed by atoms with Crippen LogP contribution in [0.2, 0.25) is 0 Å². The second-order valence-electron chi connectivity index (χ2n) is 7.01. The lowest BCUT2D eigenvalue weighted by atomic mass is 9.92. The highest BCUT2D eigenvalue weighted by atomic mass is 16.2. The number of fused-ring (bicyclic) bond motifs is 2. The van der Waals surface area contributed by atoms with Crippen molar-refractivity contribution in [2.75, 3.05) is 13.1 Å². The van der Waals surface area contributed by atoms with Crippen molar-refractivity contribution in [3.05, 3.63) is 17.5 Å². The van der Waals surface area contributed by atoms with E-state index in [0.29, 0.717) is 17.8 Å². The molecule has 0 saturated carbocycles. The molecule has 20 heavy (non-hydrogen) atoms. The Kier molecular flexibility index (Phi) is 3.32. The summed E-state index contributed by atoms with van der Waals surface area (Å²) >= 11 is 0. The van der Waals surface area contributed by atoms with E-state index in [-0.39, 0.29) is 11.3 Å². The van der Waals surface area contributed by atoms with Gasteiger partial charge in [-0.2, -0.15) is 5.10 Å². The molecule has 2 unspecified atom stereocenters. The lowest BCUT2D eigenvalue weighted by Gasteiger charge is -2.27. The van der Waals surface area contributed by atoms with Crippen molar-refractivity contribution in [1.82, 2.24) is 20.4 Å². The van der Waals surface area contributed by atoms with Gasteiger partial charge in [0.1, 0.15) is 5.69 Å². The SMILES string of the molecule is CC(C)(C)c1cc(C(=O)N2C3CCNCC2CC3)n[nH]1. The van der Waals surface area contributed by atoms with Crippen LogP contribution in [-0.2, 0) is 5.41 Å². The Balaban J connectivity index is 1.83. The van der Waals surface area contributed by atoms with Gasteiger partial charge in [0.2, 0.25) is 0 Å². The van der Waals surface area contributed by atoms with Crippen molar-refractivity contribution in [1.29, 1.82) is 0 Å². The van der Waals surface area contributed by atoms with Gasteiger partial charge in [0.05, 0.1) is 0 Å². The molecular weight excluding hydrogens is 252 g/mol. The van der Waals surface area contributed by atoms with Gasteiger partial charge in [0, 0.05) is 29.7 Å². The van der Waals surface area contributed by atoms with Crippen LogP contribution in [0.15, 0.2) is 6.07 Å². The van der Waals surface area contributed by atoms with Crippen LogP contribution in [0.1, 0.15) is 56.2 Å². The molecule has 2 atom stereocenters. The normalized spacial score (nSPS) is 26.6. The van der Waals surface area contributed by atoms with Crippen molar-refractivity contribution in [2.24, 2.45) is 0 Å². The average molecular weight is 276 g/mol. The molecule has 2 bridgehead atoms. The maximum Gasteiger partial charge on any atom is 0.274 e. The molecule has 0 aromatic carbocycles. The lowest BCUT2D eigenvalue weighted by Crippen LogP contribution is -2.42. The molecule has 0 radical (unpaired) electrons. The molecule has 1 aromatic rings. The van der Waals surface area contributed by atoms with Crippen LogP contribution in [0.4, 0.5) is 0 Å². The first kappa shape index (κ1) is 13.6. The van der Waals surface area contributed by atoms with Crippen LogP contribution in [0.25, 0.3) is 0 Å². The molecule has 2 N–H and O–H groups in total. The fourth-order valence-electron chi connectivity index (χ4n) is 3.26. The fraction of sp³-hybridized carbons (Fsp3) is 0.733. The van der Waals surface area contributed by atoms with E-state index in [0.717, 1.165) is 38.0 Å². The third kappa shape index (κ3) is 2.35. The van der Waals surface area contributed by atoms with Crippen LogP contribution in [0.5, 0.6) is 0 Å². The van der Waals surface area contributed by atoms with Gasteiger partial charge in [0.15, 0.2) is 0 Å². The molecule has 110 valence electrons. The Hall–Kier alpha value is -1.36. The molecule has 1 amide bonds. The third-order valence-electron chi connectivity index (χ3n) is 4.49. The van der Waals surface area contributed by atoms with E-state index in [2.05, 4.69) is 41.2 Å². The zero-order chi connectivity index (χ0) is 14.3. The molecule has 2 aliphatic rings. The topological polar surface area (TPSA) is 61.0 Å². The summed E-state index contributed by atoms with van der Waals surface area (Å²) in [6.07, 6.45) is 3.30. The largest absolute Gasteiger partial charge is 0.330 e. The van der Waals surface area contributed by atoms with Crippen LogP contribution < -0.4 is 5.32 Å². The maximum atomic E-state index is 12.8. The summed E-state index contributed by atoms with van der Waals surface area (Å²) in [5.74, 6) is 0.0907. The van der Waals surface area contributed by atoms with Crippen LogP contribution in [0, 0.1) is 0 Å². The molecule has 2 saturated heterocycles. The fourth-order valence-corrected chi connectivity index (χ4v) is 3.26. The summed E-state index contributed by atoms with van der Waals surface area (Å²) in [6.45, 7) is 8.29. The van der Waals surface area contributed by atoms with Crippen molar-refractivity contribution in [3.63, 3.8) is 0 Å². The summed E-state index contributed by atoms with van der Waals surface area (Å²) in [5.41, 5.74) is 1.57. The van der Waals surface area contributed by atoms with Gasteiger partial charge in [-0.1, -0.05) is 20.8 Å². The molecular formula is C15H24N4O. The quantitative estimate of drug-likeness (QED) is 0.820. The van der Waals surface area contributed by atoms with E-state index in [1.54, 1.807) is 0 Å². The van der Waals surface area contributed by atoms with E-state index < -0.39 is 0 Å². The Morgan fingerprint density at radius 1 is 1.30 bits per heavy atom. The van der Waals surface area contributed by atoms with Crippen molar-refractivity contribution < 1.29 is 4.79 Å². The van der Waals surface area contributed by atoms with Gasteiger partial charge in [-0.15, -0.1) is 0 Å². The molecule has 3 rings (SSSR count). The monoisotopic (exact) mass is 276 g/mol. The summed E-state index contributed by atoms with van der Waals surface area (Å²) in [4.78, 5) is 14.8. The number of nitrogens with zero attached hydrogens (tertiary/aromatic N) is 2. The number of aromatic nitrogens is 2. The van der Waals surface area contributed by atoms with Gasteiger partial charge >= 0.3 is 0 Å². The lowest BCUT2D eigenvalue weighted by molar-refractivity contribution is 0.0674. The number of carbonyl (C=O) groups is 1. The average Bonchev–Trinajstić information content (AvgIpc) is 2.92. The second-order valence-corrected chi connectivity index (χ2v) is 7.01. The highest BCUT2D eigenvalue weighted by Gasteiger charge is 2.39. The zero-order valence-corrected chi connectivity index (χ0v) is 12.6. The van der Waals surface area contributed by atoms with Crippen molar-refractivity contribution >= 4 is 5.91 Å². The molecule has 3 heterocycles. The molecule has 0 aliphatic carbocycles. The highest BCUT2D eigenvalue weighted by Crippen LogP contribution is 2.30. The number of hydrogen-bond donors (Lipinski definition) is 2. The summed E-state index contributed by atoms with van der Waals surface area (Å²) < 4.78 is 0. The number of hydrogen-bond acceptors (Lipinski definition) is 3. The Morgan fingerprint density at radius 3 is 2.75 bits per heavy atom. The standard InChI is InChI=1S/C15H24N4O/c1-15(2,3)13-8-12(17-18-13)14(20)19-10-4-5-11(19)9-16-7-6-10/h8,10-11,16H,4-7,9H2,1-3H3,(H,17,18). The van der Waals surface area contributed by atoms with Gasteiger partial charge in [0.25, 0.3) is 5.91 Å². The third-order valence-corrected chi connectivity index (χ3v) is 4.49.